The Hall–Kier alpha value is -1.27. The van der Waals surface area contributed by atoms with Crippen molar-refractivity contribution in [3.63, 3.8) is 0 Å². The van der Waals surface area contributed by atoms with Crippen molar-refractivity contribution < 1.29 is 9.97 Å². The van der Waals surface area contributed by atoms with Gasteiger partial charge in [0.15, 0.2) is 0 Å². The fourth-order valence-corrected chi connectivity index (χ4v) is 3.84. The molecule has 2 N–H and O–H groups in total. The van der Waals surface area contributed by atoms with Gasteiger partial charge in [0.05, 0.1) is 12.4 Å². The third-order valence-electron chi connectivity index (χ3n) is 4.36. The molecule has 1 saturated heterocycles. The van der Waals surface area contributed by atoms with E-state index in [4.69, 9.17) is 5.26 Å². The van der Waals surface area contributed by atoms with Crippen molar-refractivity contribution in [2.75, 3.05) is 32.1 Å². The maximum Gasteiger partial charge on any atom is 0.222 e. The van der Waals surface area contributed by atoms with Gasteiger partial charge in [0.25, 0.3) is 0 Å². The number of nitrogens with zero attached hydrogens (tertiary/aromatic N) is 3. The van der Waals surface area contributed by atoms with Crippen molar-refractivity contribution in [2.24, 2.45) is 5.92 Å². The number of nitrogens with one attached hydrogen (secondary N) is 2. The number of carbonyl (C=O) groups excluding carboxylic acids is 1. The third kappa shape index (κ3) is 5.38. The van der Waals surface area contributed by atoms with Crippen LogP contribution in [0.25, 0.3) is 0 Å². The number of rotatable bonds is 7. The van der Waals surface area contributed by atoms with E-state index < -0.39 is 0 Å². The Labute approximate surface area is 148 Å². The summed E-state index contributed by atoms with van der Waals surface area (Å²) < 4.78 is 0. The van der Waals surface area contributed by atoms with Crippen LogP contribution in [0.3, 0.4) is 0 Å². The highest BCUT2D eigenvalue weighted by Crippen LogP contribution is 2.21. The summed E-state index contributed by atoms with van der Waals surface area (Å²) in [5.74, 6) is 1.34. The SMILES string of the molecule is CC(C)CC(=O)N1CCC([NH+]([O-])NCCN2CSC=C2C#N)CC1. The van der Waals surface area contributed by atoms with Crippen LogP contribution in [0.2, 0.25) is 0 Å². The van der Waals surface area contributed by atoms with Crippen LogP contribution in [0.5, 0.6) is 0 Å². The molecule has 0 saturated carbocycles. The summed E-state index contributed by atoms with van der Waals surface area (Å²) in [5, 5.41) is 23.2. The molecule has 0 spiro atoms. The number of quaternary nitrogens is 1. The Balaban J connectivity index is 1.66. The maximum atomic E-state index is 12.3. The maximum absolute atomic E-state index is 12.3. The molecular formula is C16H27N5O2S. The van der Waals surface area contributed by atoms with Crippen LogP contribution in [0.1, 0.15) is 33.1 Å². The number of thioether (sulfide) groups is 1. The number of hydrogen-bond acceptors (Lipinski definition) is 6. The van der Waals surface area contributed by atoms with E-state index in [2.05, 4.69) is 11.5 Å². The van der Waals surface area contributed by atoms with Gasteiger partial charge in [0.1, 0.15) is 17.8 Å². The molecule has 1 unspecified atom stereocenters. The van der Waals surface area contributed by atoms with Crippen LogP contribution in [0.4, 0.5) is 0 Å². The van der Waals surface area contributed by atoms with Gasteiger partial charge in [-0.1, -0.05) is 13.8 Å². The van der Waals surface area contributed by atoms with Gasteiger partial charge < -0.3 is 15.0 Å². The number of likely N-dealkylation sites (tertiary alicyclic amines) is 1. The smallest absolute Gasteiger partial charge is 0.222 e. The van der Waals surface area contributed by atoms with Gasteiger partial charge in [-0.2, -0.15) is 10.7 Å². The summed E-state index contributed by atoms with van der Waals surface area (Å²) in [6.45, 7) is 6.64. The second-order valence-electron chi connectivity index (χ2n) is 6.72. The second kappa shape index (κ2) is 9.28. The zero-order chi connectivity index (χ0) is 17.5. The van der Waals surface area contributed by atoms with E-state index in [1.807, 2.05) is 29.1 Å². The number of amides is 1. The predicted molar refractivity (Wildman–Crippen MR) is 94.2 cm³/mol. The van der Waals surface area contributed by atoms with Crippen molar-refractivity contribution in [2.45, 2.75) is 39.2 Å². The quantitative estimate of drug-likeness (QED) is 0.640. The molecule has 0 aliphatic carbocycles. The Morgan fingerprint density at radius 1 is 1.54 bits per heavy atom. The number of nitriles is 1. The summed E-state index contributed by atoms with van der Waals surface area (Å²) in [4.78, 5) is 15.9. The monoisotopic (exact) mass is 353 g/mol. The summed E-state index contributed by atoms with van der Waals surface area (Å²) >= 11 is 1.60. The van der Waals surface area contributed by atoms with Crippen molar-refractivity contribution >= 4 is 17.7 Å². The van der Waals surface area contributed by atoms with Gasteiger partial charge in [-0.05, 0) is 5.92 Å². The molecule has 0 aromatic rings. The zero-order valence-corrected chi connectivity index (χ0v) is 15.3. The number of hydrogen-bond donors (Lipinski definition) is 2. The lowest BCUT2D eigenvalue weighted by atomic mass is 10.0. The highest BCUT2D eigenvalue weighted by Gasteiger charge is 2.27. The van der Waals surface area contributed by atoms with E-state index in [1.165, 1.54) is 0 Å². The Bertz CT molecular complexity index is 497. The molecule has 8 heteroatoms. The Morgan fingerprint density at radius 2 is 2.25 bits per heavy atom. The molecule has 24 heavy (non-hydrogen) atoms. The summed E-state index contributed by atoms with van der Waals surface area (Å²) in [6.07, 6.45) is 2.05. The molecule has 7 nitrogen and oxygen atoms in total. The first-order chi connectivity index (χ1) is 11.5. The van der Waals surface area contributed by atoms with E-state index in [9.17, 15) is 10.0 Å². The van der Waals surface area contributed by atoms with Crippen LogP contribution in [-0.4, -0.2) is 53.8 Å². The van der Waals surface area contributed by atoms with Gasteiger partial charge in [0, 0.05) is 44.3 Å². The Morgan fingerprint density at radius 3 is 2.88 bits per heavy atom. The zero-order valence-electron chi connectivity index (χ0n) is 14.5. The minimum Gasteiger partial charge on any atom is -0.613 e. The van der Waals surface area contributed by atoms with Crippen LogP contribution in [0.15, 0.2) is 11.1 Å². The first-order valence-electron chi connectivity index (χ1n) is 8.53. The molecule has 0 radical (unpaired) electrons. The van der Waals surface area contributed by atoms with Gasteiger partial charge in [0.2, 0.25) is 5.91 Å². The highest BCUT2D eigenvalue weighted by molar-refractivity contribution is 8.02. The molecule has 2 aliphatic heterocycles. The van der Waals surface area contributed by atoms with Crippen LogP contribution < -0.4 is 10.6 Å². The number of piperidine rings is 1. The summed E-state index contributed by atoms with van der Waals surface area (Å²) in [7, 11) is 0. The third-order valence-corrected chi connectivity index (χ3v) is 5.21. The van der Waals surface area contributed by atoms with E-state index in [1.54, 1.807) is 11.8 Å². The topological polar surface area (TPSA) is 86.9 Å². The Kier molecular flexibility index (Phi) is 7.37. The van der Waals surface area contributed by atoms with Crippen molar-refractivity contribution in [1.82, 2.24) is 15.2 Å². The van der Waals surface area contributed by atoms with Gasteiger partial charge in [-0.15, -0.1) is 11.8 Å². The average Bonchev–Trinajstić information content (AvgIpc) is 3.01. The number of hydroxylamine groups is 1. The fraction of sp³-hybridized carbons (Fsp3) is 0.750. The van der Waals surface area contributed by atoms with Crippen LogP contribution in [-0.2, 0) is 4.79 Å². The highest BCUT2D eigenvalue weighted by atomic mass is 32.2. The van der Waals surface area contributed by atoms with Crippen LogP contribution >= 0.6 is 11.8 Å². The molecule has 2 aliphatic rings. The minimum absolute atomic E-state index is 0.00738. The normalized spacial score (nSPS) is 20.2. The number of allylic oxidation sites excluding steroid dienone is 1. The molecule has 0 aromatic heterocycles. The second-order valence-corrected chi connectivity index (χ2v) is 7.55. The molecule has 1 amide bonds. The molecule has 1 atom stereocenters. The molecule has 2 rings (SSSR count). The number of carbonyl (C=O) groups is 1. The standard InChI is InChI=1S/C16H27N5O2S/c1-13(2)9-16(22)19-6-3-14(4-7-19)21(23)18-5-8-20-12-24-11-15(20)10-17/h11,13-14,18,21H,3-9,12H2,1-2H3. The minimum atomic E-state index is -0.00738. The lowest BCUT2D eigenvalue weighted by Gasteiger charge is -2.38. The largest absolute Gasteiger partial charge is 0.613 e. The lowest BCUT2D eigenvalue weighted by molar-refractivity contribution is -0.922. The fourth-order valence-electron chi connectivity index (χ4n) is 2.96. The van der Waals surface area contributed by atoms with E-state index >= 15 is 0 Å². The summed E-state index contributed by atoms with van der Waals surface area (Å²) in [5.41, 5.74) is 3.64. The molecule has 0 bridgehead atoms. The van der Waals surface area contributed by atoms with Crippen molar-refractivity contribution in [3.05, 3.63) is 16.3 Å². The van der Waals surface area contributed by atoms with Gasteiger partial charge in [-0.3, -0.25) is 9.97 Å². The van der Waals surface area contributed by atoms with Gasteiger partial charge in [-0.25, -0.2) is 0 Å². The van der Waals surface area contributed by atoms with Crippen molar-refractivity contribution in [1.29, 1.82) is 5.26 Å². The average molecular weight is 353 g/mol. The van der Waals surface area contributed by atoms with E-state index in [0.29, 0.717) is 44.2 Å². The lowest BCUT2D eigenvalue weighted by Crippen LogP contribution is -3.18. The van der Waals surface area contributed by atoms with Gasteiger partial charge >= 0.3 is 0 Å². The molecular weight excluding hydrogens is 326 g/mol. The molecule has 1 fully saturated rings. The first-order valence-corrected chi connectivity index (χ1v) is 9.58. The first kappa shape index (κ1) is 19.1. The van der Waals surface area contributed by atoms with E-state index in [0.717, 1.165) is 18.7 Å². The molecule has 0 aromatic carbocycles. The summed E-state index contributed by atoms with van der Waals surface area (Å²) in [6, 6.07) is 2.15. The van der Waals surface area contributed by atoms with Crippen LogP contribution in [0, 0.1) is 22.5 Å². The molecule has 2 heterocycles. The van der Waals surface area contributed by atoms with Crippen molar-refractivity contribution in [3.8, 4) is 6.07 Å². The van der Waals surface area contributed by atoms with E-state index in [-0.39, 0.29) is 17.1 Å². The molecule has 134 valence electrons. The predicted octanol–water partition coefficient (Wildman–Crippen LogP) is 0.282.